The number of aliphatic hydroxyl groups excluding tert-OH is 1. The van der Waals surface area contributed by atoms with Crippen molar-refractivity contribution in [3.05, 3.63) is 29.8 Å². The van der Waals surface area contributed by atoms with Crippen LogP contribution >= 0.6 is 0 Å². The van der Waals surface area contributed by atoms with Crippen molar-refractivity contribution < 1.29 is 14.6 Å². The van der Waals surface area contributed by atoms with Crippen LogP contribution in [-0.2, 0) is 4.74 Å². The van der Waals surface area contributed by atoms with Gasteiger partial charge in [-0.1, -0.05) is 26.0 Å². The summed E-state index contributed by atoms with van der Waals surface area (Å²) in [6, 6.07) is 7.54. The number of aliphatic imine (C=N–C) groups is 1. The van der Waals surface area contributed by atoms with Gasteiger partial charge in [0.1, 0.15) is 5.75 Å². The van der Waals surface area contributed by atoms with Crippen LogP contribution in [0.4, 0.5) is 0 Å². The van der Waals surface area contributed by atoms with E-state index in [4.69, 9.17) is 9.47 Å². The fraction of sp³-hybridized carbons (Fsp3) is 0.696. The van der Waals surface area contributed by atoms with E-state index in [0.717, 1.165) is 44.1 Å². The van der Waals surface area contributed by atoms with Crippen LogP contribution in [0, 0.1) is 5.92 Å². The van der Waals surface area contributed by atoms with Crippen LogP contribution in [0.15, 0.2) is 29.3 Å². The van der Waals surface area contributed by atoms with E-state index in [9.17, 15) is 5.11 Å². The molecule has 0 aromatic heterocycles. The Labute approximate surface area is 181 Å². The molecule has 1 fully saturated rings. The maximum atomic E-state index is 10.5. The number of nitrogens with zero attached hydrogens (tertiary/aromatic N) is 2. The van der Waals surface area contributed by atoms with Crippen LogP contribution in [0.1, 0.15) is 46.3 Å². The molecule has 7 heteroatoms. The van der Waals surface area contributed by atoms with Gasteiger partial charge in [-0.25, -0.2) is 0 Å². The van der Waals surface area contributed by atoms with Gasteiger partial charge in [0.2, 0.25) is 0 Å². The topological polar surface area (TPSA) is 78.4 Å². The summed E-state index contributed by atoms with van der Waals surface area (Å²) >= 11 is 0. The van der Waals surface area contributed by atoms with Crippen molar-refractivity contribution in [2.45, 2.75) is 52.9 Å². The van der Waals surface area contributed by atoms with Gasteiger partial charge in [-0.3, -0.25) is 9.89 Å². The zero-order chi connectivity index (χ0) is 21.9. The number of guanidine groups is 1. The normalized spacial score (nSPS) is 19.2. The molecular formula is C23H40N4O3. The van der Waals surface area contributed by atoms with Gasteiger partial charge in [0.25, 0.3) is 0 Å². The van der Waals surface area contributed by atoms with Crippen molar-refractivity contribution in [1.82, 2.24) is 15.5 Å². The van der Waals surface area contributed by atoms with Crippen molar-refractivity contribution >= 4 is 5.96 Å². The molecule has 1 heterocycles. The lowest BCUT2D eigenvalue weighted by molar-refractivity contribution is -0.0284. The van der Waals surface area contributed by atoms with Gasteiger partial charge in [0.05, 0.1) is 31.5 Å². The molecule has 7 nitrogen and oxygen atoms in total. The molecule has 1 aromatic carbocycles. The molecule has 0 bridgehead atoms. The highest BCUT2D eigenvalue weighted by molar-refractivity contribution is 5.79. The summed E-state index contributed by atoms with van der Waals surface area (Å²) in [4.78, 5) is 7.02. The Morgan fingerprint density at radius 3 is 2.60 bits per heavy atom. The van der Waals surface area contributed by atoms with E-state index in [-0.39, 0.29) is 18.8 Å². The minimum Gasteiger partial charge on any atom is -0.491 e. The molecule has 1 aromatic rings. The van der Waals surface area contributed by atoms with E-state index in [0.29, 0.717) is 18.4 Å². The van der Waals surface area contributed by atoms with E-state index in [1.54, 1.807) is 0 Å². The van der Waals surface area contributed by atoms with Gasteiger partial charge in [0, 0.05) is 32.7 Å². The Morgan fingerprint density at radius 1 is 1.23 bits per heavy atom. The number of ether oxygens (including phenoxy) is 2. The van der Waals surface area contributed by atoms with Crippen molar-refractivity contribution in [3.8, 4) is 5.75 Å². The van der Waals surface area contributed by atoms with Crippen LogP contribution in [0.3, 0.4) is 0 Å². The predicted molar refractivity (Wildman–Crippen MR) is 122 cm³/mol. The number of nitrogens with one attached hydrogen (secondary N) is 2. The number of hydrogen-bond donors (Lipinski definition) is 3. The molecular weight excluding hydrogens is 380 g/mol. The highest BCUT2D eigenvalue weighted by Gasteiger charge is 2.21. The quantitative estimate of drug-likeness (QED) is 0.399. The maximum absolute atomic E-state index is 10.5. The SMILES string of the molecule is CCNC(=NCC(O)c1ccc(OC(C)C)cc1)NCC1CN(CC(C)C)CCO1. The van der Waals surface area contributed by atoms with E-state index >= 15 is 0 Å². The van der Waals surface area contributed by atoms with E-state index in [2.05, 4.69) is 34.4 Å². The molecule has 1 aliphatic rings. The lowest BCUT2D eigenvalue weighted by Crippen LogP contribution is -2.50. The monoisotopic (exact) mass is 420 g/mol. The Hall–Kier alpha value is -1.83. The Balaban J connectivity index is 1.85. The van der Waals surface area contributed by atoms with Crippen molar-refractivity contribution in [2.75, 3.05) is 45.9 Å². The minimum absolute atomic E-state index is 0.129. The Morgan fingerprint density at radius 2 is 1.97 bits per heavy atom. The summed E-state index contributed by atoms with van der Waals surface area (Å²) in [7, 11) is 0. The number of morpholine rings is 1. The molecule has 2 atom stereocenters. The number of benzene rings is 1. The van der Waals surface area contributed by atoms with Crippen molar-refractivity contribution in [1.29, 1.82) is 0 Å². The Bertz CT molecular complexity index is 634. The van der Waals surface area contributed by atoms with Gasteiger partial charge in [-0.2, -0.15) is 0 Å². The summed E-state index contributed by atoms with van der Waals surface area (Å²) in [5.41, 5.74) is 0.825. The smallest absolute Gasteiger partial charge is 0.191 e. The number of hydrogen-bond acceptors (Lipinski definition) is 5. The molecule has 0 amide bonds. The fourth-order valence-corrected chi connectivity index (χ4v) is 3.46. The Kier molecular flexibility index (Phi) is 10.4. The summed E-state index contributed by atoms with van der Waals surface area (Å²) in [5, 5.41) is 17.1. The first kappa shape index (κ1) is 24.4. The summed E-state index contributed by atoms with van der Waals surface area (Å²) in [6.07, 6.45) is -0.398. The van der Waals surface area contributed by atoms with Crippen LogP contribution < -0.4 is 15.4 Å². The third-order valence-electron chi connectivity index (χ3n) is 4.75. The molecule has 2 rings (SSSR count). The second-order valence-corrected chi connectivity index (χ2v) is 8.50. The number of aliphatic hydroxyl groups is 1. The molecule has 1 saturated heterocycles. The second-order valence-electron chi connectivity index (χ2n) is 8.50. The summed E-state index contributed by atoms with van der Waals surface area (Å²) in [6.45, 7) is 16.0. The molecule has 0 spiro atoms. The first-order valence-electron chi connectivity index (χ1n) is 11.2. The summed E-state index contributed by atoms with van der Waals surface area (Å²) < 4.78 is 11.6. The van der Waals surface area contributed by atoms with Gasteiger partial charge >= 0.3 is 0 Å². The van der Waals surface area contributed by atoms with Gasteiger partial charge in [0.15, 0.2) is 5.96 Å². The molecule has 2 unspecified atom stereocenters. The minimum atomic E-state index is -0.666. The summed E-state index contributed by atoms with van der Waals surface area (Å²) in [5.74, 6) is 2.16. The van der Waals surface area contributed by atoms with Gasteiger partial charge in [-0.05, 0) is 44.4 Å². The first-order valence-corrected chi connectivity index (χ1v) is 11.2. The van der Waals surface area contributed by atoms with Crippen LogP contribution in [0.25, 0.3) is 0 Å². The van der Waals surface area contributed by atoms with Gasteiger partial charge < -0.3 is 25.2 Å². The van der Waals surface area contributed by atoms with E-state index in [1.807, 2.05) is 45.0 Å². The van der Waals surface area contributed by atoms with Crippen LogP contribution in [0.2, 0.25) is 0 Å². The molecule has 3 N–H and O–H groups in total. The second kappa shape index (κ2) is 12.8. The van der Waals surface area contributed by atoms with E-state index < -0.39 is 6.10 Å². The van der Waals surface area contributed by atoms with Crippen LogP contribution in [-0.4, -0.2) is 74.0 Å². The first-order chi connectivity index (χ1) is 14.4. The molecule has 170 valence electrons. The molecule has 1 aliphatic heterocycles. The van der Waals surface area contributed by atoms with Crippen molar-refractivity contribution in [2.24, 2.45) is 10.9 Å². The lowest BCUT2D eigenvalue weighted by atomic mass is 10.1. The predicted octanol–water partition coefficient (Wildman–Crippen LogP) is 2.42. The number of rotatable bonds is 10. The largest absolute Gasteiger partial charge is 0.491 e. The lowest BCUT2D eigenvalue weighted by Gasteiger charge is -2.34. The third kappa shape index (κ3) is 8.90. The zero-order valence-electron chi connectivity index (χ0n) is 19.2. The average molecular weight is 421 g/mol. The molecule has 0 aliphatic carbocycles. The highest BCUT2D eigenvalue weighted by atomic mass is 16.5. The highest BCUT2D eigenvalue weighted by Crippen LogP contribution is 2.19. The van der Waals surface area contributed by atoms with Gasteiger partial charge in [-0.15, -0.1) is 0 Å². The fourth-order valence-electron chi connectivity index (χ4n) is 3.46. The van der Waals surface area contributed by atoms with Crippen molar-refractivity contribution in [3.63, 3.8) is 0 Å². The zero-order valence-corrected chi connectivity index (χ0v) is 19.2. The third-order valence-corrected chi connectivity index (χ3v) is 4.75. The maximum Gasteiger partial charge on any atom is 0.191 e. The molecule has 0 saturated carbocycles. The molecule has 30 heavy (non-hydrogen) atoms. The standard InChI is InChI=1S/C23H40N4O3/c1-6-24-23(25-13-21-16-27(11-12-29-21)15-17(2)3)26-14-22(28)19-7-9-20(10-8-19)30-18(4)5/h7-10,17-18,21-22,28H,6,11-16H2,1-5H3,(H2,24,25,26). The molecule has 0 radical (unpaired) electrons. The van der Waals surface area contributed by atoms with Crippen LogP contribution in [0.5, 0.6) is 5.75 Å². The van der Waals surface area contributed by atoms with E-state index in [1.165, 1.54) is 0 Å². The average Bonchev–Trinajstić information content (AvgIpc) is 2.70.